The van der Waals surface area contributed by atoms with Gasteiger partial charge in [0.1, 0.15) is 0 Å². The van der Waals surface area contributed by atoms with Gasteiger partial charge in [0.2, 0.25) is 0 Å². The highest BCUT2D eigenvalue weighted by atomic mass is 17.5. The predicted molar refractivity (Wildman–Crippen MR) is 49.3 cm³/mol. The molecule has 0 spiro atoms. The van der Waals surface area contributed by atoms with Crippen LogP contribution in [0.5, 0.6) is 0 Å². The van der Waals surface area contributed by atoms with E-state index in [1.807, 2.05) is 0 Å². The Kier molecular flexibility index (Phi) is 9.68. The van der Waals surface area contributed by atoms with Crippen LogP contribution < -0.4 is 0 Å². The zero-order valence-corrected chi connectivity index (χ0v) is 8.78. The molecule has 0 radical (unpaired) electrons. The highest BCUT2D eigenvalue weighted by Crippen LogP contribution is 1.99. The van der Waals surface area contributed by atoms with Gasteiger partial charge in [0.15, 0.2) is 0 Å². The van der Waals surface area contributed by atoms with Crippen molar-refractivity contribution >= 4 is 6.16 Å². The SMILES string of the molecule is CCCCCCOOOC(=O)OCC. The van der Waals surface area contributed by atoms with Crippen molar-refractivity contribution in [2.24, 2.45) is 0 Å². The first-order valence-electron chi connectivity index (χ1n) is 4.94. The molecule has 0 saturated carbocycles. The summed E-state index contributed by atoms with van der Waals surface area (Å²) < 4.78 is 4.42. The van der Waals surface area contributed by atoms with Gasteiger partial charge in [-0.25, -0.2) is 9.68 Å². The topological polar surface area (TPSA) is 54.0 Å². The molecule has 0 unspecified atom stereocenters. The average molecular weight is 206 g/mol. The molecule has 0 aromatic carbocycles. The van der Waals surface area contributed by atoms with E-state index < -0.39 is 6.16 Å². The first-order chi connectivity index (χ1) is 6.81. The number of carbonyl (C=O) groups excluding carboxylic acids is 1. The summed E-state index contributed by atoms with van der Waals surface area (Å²) in [5.74, 6) is 0. The minimum Gasteiger partial charge on any atom is -0.433 e. The lowest BCUT2D eigenvalue weighted by Gasteiger charge is -2.02. The molecule has 0 atom stereocenters. The van der Waals surface area contributed by atoms with Crippen LogP contribution in [0.25, 0.3) is 0 Å². The third-order valence-electron chi connectivity index (χ3n) is 1.49. The Labute approximate surface area is 84.1 Å². The molecule has 0 heterocycles. The summed E-state index contributed by atoms with van der Waals surface area (Å²) in [6, 6.07) is 0. The van der Waals surface area contributed by atoms with Crippen molar-refractivity contribution < 1.29 is 24.3 Å². The van der Waals surface area contributed by atoms with Gasteiger partial charge in [0.05, 0.1) is 13.2 Å². The average Bonchev–Trinajstić information content (AvgIpc) is 2.17. The Balaban J connectivity index is 3.01. The highest BCUT2D eigenvalue weighted by molar-refractivity contribution is 5.58. The molecule has 0 aromatic rings. The van der Waals surface area contributed by atoms with Gasteiger partial charge in [0, 0.05) is 0 Å². The summed E-state index contributed by atoms with van der Waals surface area (Å²) in [7, 11) is 0. The lowest BCUT2D eigenvalue weighted by atomic mass is 10.2. The number of carbonyl (C=O) groups is 1. The predicted octanol–water partition coefficient (Wildman–Crippen LogP) is 2.60. The zero-order valence-electron chi connectivity index (χ0n) is 8.78. The summed E-state index contributed by atoms with van der Waals surface area (Å²) >= 11 is 0. The second kappa shape index (κ2) is 10.3. The Bertz CT molecular complexity index is 137. The molecule has 0 amide bonds. The molecule has 0 fully saturated rings. The molecule has 5 nitrogen and oxygen atoms in total. The molecule has 14 heavy (non-hydrogen) atoms. The Morgan fingerprint density at radius 3 is 2.57 bits per heavy atom. The van der Waals surface area contributed by atoms with E-state index in [4.69, 9.17) is 0 Å². The fourth-order valence-electron chi connectivity index (χ4n) is 0.816. The molecule has 5 heteroatoms. The molecular weight excluding hydrogens is 188 g/mol. The van der Waals surface area contributed by atoms with Crippen molar-refractivity contribution in [2.45, 2.75) is 39.5 Å². The maximum Gasteiger partial charge on any atom is 0.542 e. The highest BCUT2D eigenvalue weighted by Gasteiger charge is 2.02. The number of ether oxygens (including phenoxy) is 1. The molecule has 0 aliphatic rings. The molecule has 0 aliphatic carbocycles. The molecule has 0 bridgehead atoms. The summed E-state index contributed by atoms with van der Waals surface area (Å²) in [6.45, 7) is 4.46. The van der Waals surface area contributed by atoms with E-state index in [9.17, 15) is 4.79 Å². The van der Waals surface area contributed by atoms with E-state index in [2.05, 4.69) is 26.5 Å². The maximum atomic E-state index is 10.5. The smallest absolute Gasteiger partial charge is 0.433 e. The zero-order chi connectivity index (χ0) is 10.6. The third kappa shape index (κ3) is 9.28. The van der Waals surface area contributed by atoms with Crippen LogP contribution in [0.2, 0.25) is 0 Å². The van der Waals surface area contributed by atoms with E-state index in [0.29, 0.717) is 6.61 Å². The summed E-state index contributed by atoms with van der Waals surface area (Å²) in [6.07, 6.45) is 3.42. The van der Waals surface area contributed by atoms with Crippen LogP contribution in [-0.2, 0) is 19.6 Å². The van der Waals surface area contributed by atoms with Crippen molar-refractivity contribution in [3.05, 3.63) is 0 Å². The van der Waals surface area contributed by atoms with Crippen LogP contribution in [0.4, 0.5) is 4.79 Å². The fraction of sp³-hybridized carbons (Fsp3) is 0.889. The van der Waals surface area contributed by atoms with Crippen LogP contribution in [0.3, 0.4) is 0 Å². The van der Waals surface area contributed by atoms with Crippen LogP contribution in [0, 0.1) is 0 Å². The largest absolute Gasteiger partial charge is 0.542 e. The number of hydrogen-bond acceptors (Lipinski definition) is 5. The van der Waals surface area contributed by atoms with Crippen LogP contribution >= 0.6 is 0 Å². The van der Waals surface area contributed by atoms with Gasteiger partial charge in [0.25, 0.3) is 0 Å². The van der Waals surface area contributed by atoms with Gasteiger partial charge in [-0.3, -0.25) is 0 Å². The first-order valence-corrected chi connectivity index (χ1v) is 4.94. The van der Waals surface area contributed by atoms with Gasteiger partial charge in [-0.1, -0.05) is 26.2 Å². The maximum absolute atomic E-state index is 10.5. The lowest BCUT2D eigenvalue weighted by Crippen LogP contribution is -2.08. The van der Waals surface area contributed by atoms with Gasteiger partial charge in [-0.05, 0) is 18.4 Å². The second-order valence-electron chi connectivity index (χ2n) is 2.72. The van der Waals surface area contributed by atoms with Crippen molar-refractivity contribution in [2.75, 3.05) is 13.2 Å². The van der Waals surface area contributed by atoms with Crippen molar-refractivity contribution in [1.29, 1.82) is 0 Å². The minimum atomic E-state index is -0.888. The van der Waals surface area contributed by atoms with Crippen LogP contribution in [0.1, 0.15) is 39.5 Å². The standard InChI is InChI=1S/C9H18O5/c1-3-5-6-7-8-12-14-13-9(10)11-4-2/h3-8H2,1-2H3. The summed E-state index contributed by atoms with van der Waals surface area (Å²) in [5, 5.41) is 4.15. The number of hydrogen-bond donors (Lipinski definition) is 0. The first kappa shape index (κ1) is 13.2. The minimum absolute atomic E-state index is 0.249. The van der Waals surface area contributed by atoms with Crippen molar-refractivity contribution in [3.63, 3.8) is 0 Å². The van der Waals surface area contributed by atoms with Crippen molar-refractivity contribution in [3.8, 4) is 0 Å². The monoisotopic (exact) mass is 206 g/mol. The normalized spacial score (nSPS) is 9.86. The molecular formula is C9H18O5. The van der Waals surface area contributed by atoms with E-state index in [1.165, 1.54) is 12.8 Å². The Morgan fingerprint density at radius 2 is 1.93 bits per heavy atom. The third-order valence-corrected chi connectivity index (χ3v) is 1.49. The van der Waals surface area contributed by atoms with E-state index >= 15 is 0 Å². The van der Waals surface area contributed by atoms with Crippen LogP contribution in [-0.4, -0.2) is 19.4 Å². The van der Waals surface area contributed by atoms with Gasteiger partial charge in [-0.15, -0.1) is 0 Å². The van der Waals surface area contributed by atoms with E-state index in [-0.39, 0.29) is 6.61 Å². The molecule has 0 saturated heterocycles. The molecule has 0 aliphatic heterocycles. The Hall–Kier alpha value is -0.810. The quantitative estimate of drug-likeness (QED) is 0.264. The van der Waals surface area contributed by atoms with Gasteiger partial charge < -0.3 is 4.74 Å². The molecule has 0 N–H and O–H groups in total. The fourth-order valence-corrected chi connectivity index (χ4v) is 0.816. The summed E-state index contributed by atoms with van der Waals surface area (Å²) in [4.78, 5) is 19.2. The molecule has 84 valence electrons. The lowest BCUT2D eigenvalue weighted by molar-refractivity contribution is -0.486. The van der Waals surface area contributed by atoms with Crippen molar-refractivity contribution in [1.82, 2.24) is 0 Å². The van der Waals surface area contributed by atoms with E-state index in [1.54, 1.807) is 6.92 Å². The molecule has 0 aromatic heterocycles. The van der Waals surface area contributed by atoms with Gasteiger partial charge >= 0.3 is 6.16 Å². The van der Waals surface area contributed by atoms with Crippen LogP contribution in [0.15, 0.2) is 0 Å². The van der Waals surface area contributed by atoms with E-state index in [0.717, 1.165) is 12.8 Å². The number of rotatable bonds is 8. The number of unbranched alkanes of at least 4 members (excludes halogenated alkanes) is 3. The molecule has 0 rings (SSSR count). The Morgan fingerprint density at radius 1 is 1.14 bits per heavy atom. The second-order valence-corrected chi connectivity index (χ2v) is 2.72. The van der Waals surface area contributed by atoms with Gasteiger partial charge in [-0.2, -0.15) is 4.89 Å². The summed E-state index contributed by atoms with van der Waals surface area (Å²) in [5.41, 5.74) is 0.